The molecule has 0 saturated carbocycles. The van der Waals surface area contributed by atoms with E-state index in [1.807, 2.05) is 4.90 Å². The van der Waals surface area contributed by atoms with Gasteiger partial charge in [0.1, 0.15) is 6.61 Å². The molecule has 0 aliphatic carbocycles. The van der Waals surface area contributed by atoms with Gasteiger partial charge in [0.05, 0.1) is 51.4 Å². The quantitative estimate of drug-likeness (QED) is 0.261. The minimum atomic E-state index is -0.775. The van der Waals surface area contributed by atoms with Crippen molar-refractivity contribution in [1.82, 2.24) is 5.32 Å². The van der Waals surface area contributed by atoms with Gasteiger partial charge in [-0.25, -0.2) is 4.79 Å². The minimum Gasteiger partial charge on any atom is -0.460 e. The third kappa shape index (κ3) is 5.93. The third-order valence-electron chi connectivity index (χ3n) is 4.79. The number of amides is 1. The summed E-state index contributed by atoms with van der Waals surface area (Å²) in [4.78, 5) is 47.4. The van der Waals surface area contributed by atoms with Gasteiger partial charge in [0.2, 0.25) is 0 Å². The van der Waals surface area contributed by atoms with E-state index in [1.165, 1.54) is 18.2 Å². The molecule has 3 rings (SSSR count). The first-order valence-electron chi connectivity index (χ1n) is 9.78. The number of halogens is 1. The molecule has 13 heteroatoms. The third-order valence-corrected chi connectivity index (χ3v) is 5.10. The van der Waals surface area contributed by atoms with Gasteiger partial charge in [0.25, 0.3) is 17.3 Å². The van der Waals surface area contributed by atoms with Crippen molar-refractivity contribution in [2.45, 2.75) is 0 Å². The fourth-order valence-corrected chi connectivity index (χ4v) is 3.42. The molecule has 2 aromatic carbocycles. The van der Waals surface area contributed by atoms with Crippen LogP contribution in [0.2, 0.25) is 5.02 Å². The number of nitrogens with zero attached hydrogens (tertiary/aromatic N) is 3. The van der Waals surface area contributed by atoms with Crippen LogP contribution < -0.4 is 10.2 Å². The number of hydrogen-bond acceptors (Lipinski definition) is 9. The topological polar surface area (TPSA) is 154 Å². The fraction of sp³-hybridized carbons (Fsp3) is 0.300. The van der Waals surface area contributed by atoms with Crippen LogP contribution in [0.3, 0.4) is 0 Å². The first-order chi connectivity index (χ1) is 15.8. The Labute approximate surface area is 192 Å². The van der Waals surface area contributed by atoms with Crippen LogP contribution in [-0.2, 0) is 9.47 Å². The lowest BCUT2D eigenvalue weighted by molar-refractivity contribution is -0.385. The number of hydrogen-bond donors (Lipinski definition) is 1. The molecule has 1 N–H and O–H groups in total. The Morgan fingerprint density at radius 3 is 2.30 bits per heavy atom. The van der Waals surface area contributed by atoms with Crippen LogP contribution in [0.15, 0.2) is 36.4 Å². The van der Waals surface area contributed by atoms with E-state index in [0.717, 1.165) is 18.2 Å². The van der Waals surface area contributed by atoms with Crippen molar-refractivity contribution in [3.8, 4) is 0 Å². The summed E-state index contributed by atoms with van der Waals surface area (Å²) in [5, 5.41) is 24.3. The van der Waals surface area contributed by atoms with Crippen LogP contribution in [0.25, 0.3) is 0 Å². The summed E-state index contributed by atoms with van der Waals surface area (Å²) < 4.78 is 10.5. The number of carbonyl (C=O) groups is 2. The SMILES string of the molecule is O=C(NCCOC(=O)c1cc([N+](=O)[O-])ccc1N1CCOCC1)c1ccc([N+](=O)[O-])cc1Cl. The average molecular weight is 479 g/mol. The summed E-state index contributed by atoms with van der Waals surface area (Å²) >= 11 is 5.92. The molecule has 0 spiro atoms. The summed E-state index contributed by atoms with van der Waals surface area (Å²) in [5.74, 6) is -1.38. The summed E-state index contributed by atoms with van der Waals surface area (Å²) in [7, 11) is 0. The highest BCUT2D eigenvalue weighted by Crippen LogP contribution is 2.27. The standard InChI is InChI=1S/C20H19ClN4O8/c21-17-12-14(25(30)31)1-3-15(17)19(26)22-5-8-33-20(27)16-11-13(24(28)29)2-4-18(16)23-6-9-32-10-7-23/h1-4,11-12H,5-10H2,(H,22,26). The molecule has 0 aromatic heterocycles. The predicted molar refractivity (Wildman–Crippen MR) is 117 cm³/mol. The molecule has 0 bridgehead atoms. The maximum atomic E-state index is 12.7. The Balaban J connectivity index is 1.62. The van der Waals surface area contributed by atoms with Gasteiger partial charge in [-0.3, -0.25) is 25.0 Å². The Morgan fingerprint density at radius 1 is 1.03 bits per heavy atom. The first-order valence-corrected chi connectivity index (χ1v) is 10.2. The number of nitrogens with one attached hydrogen (secondary N) is 1. The normalized spacial score (nSPS) is 13.3. The van der Waals surface area contributed by atoms with Crippen LogP contribution in [-0.4, -0.2) is 61.2 Å². The van der Waals surface area contributed by atoms with E-state index in [0.29, 0.717) is 32.0 Å². The lowest BCUT2D eigenvalue weighted by atomic mass is 10.1. The molecule has 12 nitrogen and oxygen atoms in total. The summed E-state index contributed by atoms with van der Waals surface area (Å²) in [6.45, 7) is 1.68. The van der Waals surface area contributed by atoms with Gasteiger partial charge >= 0.3 is 5.97 Å². The molecule has 0 atom stereocenters. The molecular weight excluding hydrogens is 460 g/mol. The number of esters is 1. The van der Waals surface area contributed by atoms with Crippen LogP contribution in [0, 0.1) is 20.2 Å². The predicted octanol–water partition coefficient (Wildman–Crippen LogP) is 2.58. The molecule has 1 aliphatic rings. The van der Waals surface area contributed by atoms with Crippen molar-refractivity contribution >= 4 is 40.5 Å². The fourth-order valence-electron chi connectivity index (χ4n) is 3.16. The number of anilines is 1. The lowest BCUT2D eigenvalue weighted by Gasteiger charge is -2.30. The molecule has 1 saturated heterocycles. The van der Waals surface area contributed by atoms with Crippen molar-refractivity contribution in [1.29, 1.82) is 0 Å². The molecule has 0 radical (unpaired) electrons. The van der Waals surface area contributed by atoms with E-state index in [9.17, 15) is 29.8 Å². The summed E-state index contributed by atoms with van der Waals surface area (Å²) in [6, 6.07) is 7.40. The zero-order chi connectivity index (χ0) is 24.0. The van der Waals surface area contributed by atoms with Gasteiger partial charge in [-0.2, -0.15) is 0 Å². The molecule has 0 unspecified atom stereocenters. The summed E-state index contributed by atoms with van der Waals surface area (Å²) in [5.41, 5.74) is 0.0619. The molecule has 1 amide bonds. The van der Waals surface area contributed by atoms with Crippen molar-refractivity contribution in [2.24, 2.45) is 0 Å². The minimum absolute atomic E-state index is 0.0295. The number of carbonyl (C=O) groups excluding carboxylic acids is 2. The molecule has 1 heterocycles. The molecule has 2 aromatic rings. The van der Waals surface area contributed by atoms with Crippen LogP contribution in [0.5, 0.6) is 0 Å². The second-order valence-corrected chi connectivity index (χ2v) is 7.28. The monoisotopic (exact) mass is 478 g/mol. The molecule has 1 fully saturated rings. The largest absolute Gasteiger partial charge is 0.460 e. The Kier molecular flexibility index (Phi) is 7.74. The van der Waals surface area contributed by atoms with Gasteiger partial charge in [-0.1, -0.05) is 11.6 Å². The van der Waals surface area contributed by atoms with Gasteiger partial charge in [0, 0.05) is 37.4 Å². The highest BCUT2D eigenvalue weighted by Gasteiger charge is 2.23. The number of benzene rings is 2. The number of morpholine rings is 1. The van der Waals surface area contributed by atoms with E-state index >= 15 is 0 Å². The lowest BCUT2D eigenvalue weighted by Crippen LogP contribution is -2.37. The Hall–Kier alpha value is -3.77. The highest BCUT2D eigenvalue weighted by molar-refractivity contribution is 6.34. The van der Waals surface area contributed by atoms with E-state index in [1.54, 1.807) is 0 Å². The smallest absolute Gasteiger partial charge is 0.340 e. The molecule has 1 aliphatic heterocycles. The van der Waals surface area contributed by atoms with E-state index < -0.39 is 21.7 Å². The first kappa shape index (κ1) is 23.9. The van der Waals surface area contributed by atoms with Crippen LogP contribution in [0.1, 0.15) is 20.7 Å². The van der Waals surface area contributed by atoms with Crippen LogP contribution in [0.4, 0.5) is 17.1 Å². The maximum Gasteiger partial charge on any atom is 0.340 e. The van der Waals surface area contributed by atoms with E-state index in [4.69, 9.17) is 21.1 Å². The summed E-state index contributed by atoms with van der Waals surface area (Å²) in [6.07, 6.45) is 0. The highest BCUT2D eigenvalue weighted by atomic mass is 35.5. The molecule has 33 heavy (non-hydrogen) atoms. The van der Waals surface area contributed by atoms with Crippen molar-refractivity contribution in [2.75, 3.05) is 44.4 Å². The van der Waals surface area contributed by atoms with Gasteiger partial charge in [-0.05, 0) is 12.1 Å². The Bertz CT molecular complexity index is 1090. The molecular formula is C20H19ClN4O8. The average Bonchev–Trinajstić information content (AvgIpc) is 2.81. The zero-order valence-corrected chi connectivity index (χ0v) is 17.9. The number of nitro benzene ring substituents is 2. The van der Waals surface area contributed by atoms with Crippen molar-refractivity contribution in [3.05, 3.63) is 72.8 Å². The van der Waals surface area contributed by atoms with Gasteiger partial charge in [-0.15, -0.1) is 0 Å². The zero-order valence-electron chi connectivity index (χ0n) is 17.2. The second kappa shape index (κ2) is 10.7. The van der Waals surface area contributed by atoms with Crippen molar-refractivity contribution in [3.63, 3.8) is 0 Å². The van der Waals surface area contributed by atoms with E-state index in [-0.39, 0.29) is 40.7 Å². The number of ether oxygens (including phenoxy) is 2. The number of non-ortho nitro benzene ring substituents is 2. The van der Waals surface area contributed by atoms with Gasteiger partial charge in [0.15, 0.2) is 0 Å². The number of nitro groups is 2. The van der Waals surface area contributed by atoms with E-state index in [2.05, 4.69) is 5.32 Å². The Morgan fingerprint density at radius 2 is 1.67 bits per heavy atom. The second-order valence-electron chi connectivity index (χ2n) is 6.87. The van der Waals surface area contributed by atoms with Gasteiger partial charge < -0.3 is 19.7 Å². The molecule has 174 valence electrons. The van der Waals surface area contributed by atoms with Crippen molar-refractivity contribution < 1.29 is 28.9 Å². The number of rotatable bonds is 8. The maximum absolute atomic E-state index is 12.7. The van der Waals surface area contributed by atoms with Crippen LogP contribution >= 0.6 is 11.6 Å².